The summed E-state index contributed by atoms with van der Waals surface area (Å²) >= 11 is 0. The predicted octanol–water partition coefficient (Wildman–Crippen LogP) is 4.78. The van der Waals surface area contributed by atoms with E-state index in [1.807, 2.05) is 18.2 Å². The van der Waals surface area contributed by atoms with Gasteiger partial charge in [0.2, 0.25) is 0 Å². The van der Waals surface area contributed by atoms with Crippen LogP contribution in [0.2, 0.25) is 0 Å². The average molecular weight is 396 g/mol. The Morgan fingerprint density at radius 3 is 2.60 bits per heavy atom. The highest BCUT2D eigenvalue weighted by Gasteiger charge is 2.34. The van der Waals surface area contributed by atoms with E-state index in [0.717, 1.165) is 34.3 Å². The van der Waals surface area contributed by atoms with Crippen LogP contribution in [0, 0.1) is 0 Å². The number of hydrazone groups is 1. The lowest BCUT2D eigenvalue weighted by Gasteiger charge is -2.21. The zero-order valence-corrected chi connectivity index (χ0v) is 16.5. The van der Waals surface area contributed by atoms with Crippen LogP contribution >= 0.6 is 0 Å². The van der Waals surface area contributed by atoms with E-state index in [4.69, 9.17) is 9.52 Å². The first-order valence-corrected chi connectivity index (χ1v) is 9.97. The van der Waals surface area contributed by atoms with Gasteiger partial charge in [0.15, 0.2) is 5.76 Å². The van der Waals surface area contributed by atoms with E-state index in [1.165, 1.54) is 16.8 Å². The minimum Gasteiger partial charge on any atom is -0.459 e. The van der Waals surface area contributed by atoms with E-state index in [0.29, 0.717) is 6.42 Å². The molecule has 0 saturated carbocycles. The maximum Gasteiger partial charge on any atom is 0.310 e. The van der Waals surface area contributed by atoms with Crippen LogP contribution in [0.1, 0.15) is 46.6 Å². The number of hydrogen-bond acceptors (Lipinski definition) is 5. The minimum absolute atomic E-state index is 0.241. The average Bonchev–Trinajstić information content (AvgIpc) is 3.49. The molecule has 148 valence electrons. The zero-order valence-electron chi connectivity index (χ0n) is 16.5. The van der Waals surface area contributed by atoms with Crippen LogP contribution in [0.4, 0.5) is 0 Å². The van der Waals surface area contributed by atoms with Crippen molar-refractivity contribution in [1.29, 1.82) is 0 Å². The molecule has 0 fully saturated rings. The number of amides is 1. The quantitative estimate of drug-likeness (QED) is 0.498. The van der Waals surface area contributed by atoms with Crippen LogP contribution in [0.5, 0.6) is 0 Å². The molecular weight excluding hydrogens is 376 g/mol. The molecule has 1 unspecified atom stereocenters. The molecular formula is C24H20N4O2. The van der Waals surface area contributed by atoms with Gasteiger partial charge in [-0.15, -0.1) is 0 Å². The number of benzene rings is 2. The van der Waals surface area contributed by atoms with Crippen molar-refractivity contribution in [3.8, 4) is 0 Å². The molecule has 2 aromatic carbocycles. The van der Waals surface area contributed by atoms with Crippen molar-refractivity contribution in [3.05, 3.63) is 95.7 Å². The first-order chi connectivity index (χ1) is 14.7. The SMILES string of the molecule is CCc1ccc(C2=NN(C(=O)c3ccco3)C(c3ccc4nccnc4c3)C2)cc1. The molecule has 6 heteroatoms. The highest BCUT2D eigenvalue weighted by atomic mass is 16.3. The summed E-state index contributed by atoms with van der Waals surface area (Å²) in [6.45, 7) is 2.13. The van der Waals surface area contributed by atoms with Crippen molar-refractivity contribution >= 4 is 22.7 Å². The summed E-state index contributed by atoms with van der Waals surface area (Å²) in [7, 11) is 0. The Hall–Kier alpha value is -3.80. The molecule has 2 aromatic heterocycles. The number of rotatable bonds is 4. The van der Waals surface area contributed by atoms with E-state index >= 15 is 0 Å². The Kier molecular flexibility index (Phi) is 4.59. The van der Waals surface area contributed by atoms with Crippen molar-refractivity contribution < 1.29 is 9.21 Å². The van der Waals surface area contributed by atoms with E-state index in [-0.39, 0.29) is 17.7 Å². The van der Waals surface area contributed by atoms with Crippen LogP contribution in [0.15, 0.2) is 82.8 Å². The van der Waals surface area contributed by atoms with Gasteiger partial charge in [0.05, 0.1) is 29.1 Å². The zero-order chi connectivity index (χ0) is 20.5. The monoisotopic (exact) mass is 396 g/mol. The van der Waals surface area contributed by atoms with E-state index in [1.54, 1.807) is 24.5 Å². The third-order valence-electron chi connectivity index (χ3n) is 5.42. The van der Waals surface area contributed by atoms with E-state index in [2.05, 4.69) is 41.2 Å². The fraction of sp³-hybridized carbons (Fsp3) is 0.167. The fourth-order valence-corrected chi connectivity index (χ4v) is 3.77. The summed E-state index contributed by atoms with van der Waals surface area (Å²) in [6.07, 6.45) is 6.44. The number of carbonyl (C=O) groups is 1. The largest absolute Gasteiger partial charge is 0.459 e. The molecule has 0 N–H and O–H groups in total. The Balaban J connectivity index is 1.54. The summed E-state index contributed by atoms with van der Waals surface area (Å²) in [5, 5.41) is 6.24. The number of nitrogens with zero attached hydrogens (tertiary/aromatic N) is 4. The van der Waals surface area contributed by atoms with Gasteiger partial charge in [-0.25, -0.2) is 5.01 Å². The van der Waals surface area contributed by atoms with Crippen LogP contribution in [-0.2, 0) is 6.42 Å². The summed E-state index contributed by atoms with van der Waals surface area (Å²) in [6, 6.07) is 17.4. The molecule has 0 bridgehead atoms. The first kappa shape index (κ1) is 18.2. The number of furan rings is 1. The lowest BCUT2D eigenvalue weighted by molar-refractivity contribution is 0.0678. The number of hydrogen-bond donors (Lipinski definition) is 0. The normalized spacial score (nSPS) is 16.1. The van der Waals surface area contributed by atoms with Gasteiger partial charge in [-0.3, -0.25) is 14.8 Å². The molecule has 4 aromatic rings. The third kappa shape index (κ3) is 3.26. The van der Waals surface area contributed by atoms with E-state index in [9.17, 15) is 4.79 Å². The molecule has 1 aliphatic rings. The second kappa shape index (κ2) is 7.55. The Morgan fingerprint density at radius 1 is 1.07 bits per heavy atom. The van der Waals surface area contributed by atoms with Gasteiger partial charge in [-0.05, 0) is 47.4 Å². The Bertz CT molecular complexity index is 1230. The molecule has 30 heavy (non-hydrogen) atoms. The number of aromatic nitrogens is 2. The lowest BCUT2D eigenvalue weighted by Crippen LogP contribution is -2.26. The van der Waals surface area contributed by atoms with Crippen LogP contribution in [0.25, 0.3) is 11.0 Å². The maximum atomic E-state index is 13.1. The van der Waals surface area contributed by atoms with Gasteiger partial charge in [0.25, 0.3) is 0 Å². The minimum atomic E-state index is -0.260. The molecule has 3 heterocycles. The first-order valence-electron chi connectivity index (χ1n) is 9.97. The topological polar surface area (TPSA) is 71.6 Å². The van der Waals surface area contributed by atoms with Gasteiger partial charge in [0.1, 0.15) is 0 Å². The van der Waals surface area contributed by atoms with Crippen LogP contribution in [-0.4, -0.2) is 26.6 Å². The molecule has 0 saturated heterocycles. The van der Waals surface area contributed by atoms with Crippen molar-refractivity contribution in [1.82, 2.24) is 15.0 Å². The maximum absolute atomic E-state index is 13.1. The second-order valence-electron chi connectivity index (χ2n) is 7.25. The third-order valence-corrected chi connectivity index (χ3v) is 5.42. The van der Waals surface area contributed by atoms with Crippen molar-refractivity contribution in [2.45, 2.75) is 25.8 Å². The smallest absolute Gasteiger partial charge is 0.310 e. The van der Waals surface area contributed by atoms with Crippen molar-refractivity contribution in [2.24, 2.45) is 5.10 Å². The van der Waals surface area contributed by atoms with Crippen molar-refractivity contribution in [2.75, 3.05) is 0 Å². The lowest BCUT2D eigenvalue weighted by atomic mass is 9.97. The summed E-state index contributed by atoms with van der Waals surface area (Å²) in [4.78, 5) is 21.9. The molecule has 0 radical (unpaired) electrons. The number of aryl methyl sites for hydroxylation is 1. The van der Waals surface area contributed by atoms with Gasteiger partial charge in [-0.1, -0.05) is 37.3 Å². The molecule has 0 aliphatic carbocycles. The number of fused-ring (bicyclic) bond motifs is 1. The molecule has 1 aliphatic heterocycles. The molecule has 1 amide bonds. The highest BCUT2D eigenvalue weighted by Crippen LogP contribution is 2.35. The standard InChI is InChI=1S/C24H20N4O2/c1-2-16-5-7-17(8-6-16)20-15-22(28(27-20)24(29)23-4-3-13-30-23)18-9-10-19-21(14-18)26-12-11-25-19/h3-14,22H,2,15H2,1H3. The summed E-state index contributed by atoms with van der Waals surface area (Å²) in [5.74, 6) is 0.0105. The Labute approximate surface area is 173 Å². The van der Waals surface area contributed by atoms with Crippen molar-refractivity contribution in [3.63, 3.8) is 0 Å². The number of carbonyl (C=O) groups excluding carboxylic acids is 1. The second-order valence-corrected chi connectivity index (χ2v) is 7.25. The van der Waals surface area contributed by atoms with Gasteiger partial charge in [0, 0.05) is 18.8 Å². The highest BCUT2D eigenvalue weighted by molar-refractivity contribution is 6.04. The predicted molar refractivity (Wildman–Crippen MR) is 114 cm³/mol. The molecule has 0 spiro atoms. The molecule has 5 rings (SSSR count). The van der Waals surface area contributed by atoms with Gasteiger partial charge >= 0.3 is 5.91 Å². The van der Waals surface area contributed by atoms with Crippen LogP contribution < -0.4 is 0 Å². The van der Waals surface area contributed by atoms with Crippen LogP contribution in [0.3, 0.4) is 0 Å². The van der Waals surface area contributed by atoms with Gasteiger partial charge < -0.3 is 4.42 Å². The molecule has 1 atom stereocenters. The fourth-order valence-electron chi connectivity index (χ4n) is 3.77. The Morgan fingerprint density at radius 2 is 1.87 bits per heavy atom. The van der Waals surface area contributed by atoms with E-state index < -0.39 is 0 Å². The van der Waals surface area contributed by atoms with Gasteiger partial charge in [-0.2, -0.15) is 5.10 Å². The molecule has 6 nitrogen and oxygen atoms in total. The summed E-state index contributed by atoms with van der Waals surface area (Å²) in [5.41, 5.74) is 5.74. The summed E-state index contributed by atoms with van der Waals surface area (Å²) < 4.78 is 5.35.